The summed E-state index contributed by atoms with van der Waals surface area (Å²) in [5, 5.41) is 12.3. The van der Waals surface area contributed by atoms with Gasteiger partial charge in [0.25, 0.3) is 5.91 Å². The molecule has 5 nitrogen and oxygen atoms in total. The molecule has 0 saturated carbocycles. The monoisotopic (exact) mass is 512 g/mol. The van der Waals surface area contributed by atoms with Gasteiger partial charge in [-0.3, -0.25) is 4.79 Å². The van der Waals surface area contributed by atoms with E-state index in [1.807, 2.05) is 79.5 Å². The first-order valence-electron chi connectivity index (χ1n) is 13.2. The number of amides is 1. The second-order valence-electron chi connectivity index (χ2n) is 9.24. The third kappa shape index (κ3) is 7.01. The largest absolute Gasteiger partial charge is 0.393 e. The minimum Gasteiger partial charge on any atom is -0.393 e. The molecule has 6 heteroatoms. The van der Waals surface area contributed by atoms with Crippen molar-refractivity contribution < 1.29 is 9.18 Å². The fourth-order valence-electron chi connectivity index (χ4n) is 4.48. The van der Waals surface area contributed by atoms with Crippen molar-refractivity contribution in [2.24, 2.45) is 0 Å². The number of hydrogen-bond acceptors (Lipinski definition) is 4. The van der Waals surface area contributed by atoms with Gasteiger partial charge in [0.2, 0.25) is 0 Å². The molecule has 1 heterocycles. The average Bonchev–Trinajstić information content (AvgIpc) is 2.96. The van der Waals surface area contributed by atoms with E-state index in [9.17, 15) is 14.4 Å². The summed E-state index contributed by atoms with van der Waals surface area (Å²) in [7, 11) is 3.77. The number of carbonyl (C=O) groups is 1. The highest BCUT2D eigenvalue weighted by atomic mass is 19.1. The lowest BCUT2D eigenvalue weighted by molar-refractivity contribution is -0.127. The molecule has 198 valence electrons. The SMILES string of the molecule is C/C=C(\C=C(\c1ccc(C#N)c(F)c1)N(C)c1ccc(C(/C=C/CC)=C/NC)cc1)C(=O)N1CCCCC1. The maximum absolute atomic E-state index is 14.7. The summed E-state index contributed by atoms with van der Waals surface area (Å²) in [6, 6.07) is 14.5. The number of nitrogens with one attached hydrogen (secondary N) is 1. The van der Waals surface area contributed by atoms with Crippen LogP contribution in [-0.2, 0) is 4.79 Å². The van der Waals surface area contributed by atoms with E-state index in [0.29, 0.717) is 16.8 Å². The lowest BCUT2D eigenvalue weighted by Gasteiger charge is -2.28. The Morgan fingerprint density at radius 3 is 2.39 bits per heavy atom. The average molecular weight is 513 g/mol. The van der Waals surface area contributed by atoms with Crippen molar-refractivity contribution in [3.63, 3.8) is 0 Å². The van der Waals surface area contributed by atoms with Gasteiger partial charge in [-0.15, -0.1) is 0 Å². The number of anilines is 1. The maximum Gasteiger partial charge on any atom is 0.253 e. The highest BCUT2D eigenvalue weighted by Gasteiger charge is 2.21. The fraction of sp³-hybridized carbons (Fsp3) is 0.312. The molecule has 0 aliphatic carbocycles. The van der Waals surface area contributed by atoms with Crippen molar-refractivity contribution in [3.8, 4) is 6.07 Å². The van der Waals surface area contributed by atoms with Crippen LogP contribution in [-0.4, -0.2) is 38.0 Å². The molecule has 0 atom stereocenters. The van der Waals surface area contributed by atoms with Gasteiger partial charge < -0.3 is 15.1 Å². The molecule has 1 fully saturated rings. The molecule has 0 radical (unpaired) electrons. The molecular formula is C32H37FN4O. The van der Waals surface area contributed by atoms with E-state index in [1.165, 1.54) is 12.1 Å². The number of allylic oxidation sites excluding steroid dienone is 4. The predicted molar refractivity (Wildman–Crippen MR) is 155 cm³/mol. The first kappa shape index (κ1) is 28.5. The summed E-state index contributed by atoms with van der Waals surface area (Å²) in [5.74, 6) is -0.610. The fourth-order valence-corrected chi connectivity index (χ4v) is 4.48. The summed E-state index contributed by atoms with van der Waals surface area (Å²) < 4.78 is 14.7. The van der Waals surface area contributed by atoms with Crippen LogP contribution in [0, 0.1) is 17.1 Å². The van der Waals surface area contributed by atoms with Gasteiger partial charge in [0.15, 0.2) is 0 Å². The second-order valence-corrected chi connectivity index (χ2v) is 9.24. The zero-order valence-corrected chi connectivity index (χ0v) is 22.8. The van der Waals surface area contributed by atoms with Crippen LogP contribution in [0.3, 0.4) is 0 Å². The Morgan fingerprint density at radius 1 is 1.13 bits per heavy atom. The molecule has 2 aromatic carbocycles. The molecule has 1 aliphatic rings. The molecule has 0 unspecified atom stereocenters. The topological polar surface area (TPSA) is 59.4 Å². The molecule has 3 rings (SSSR count). The zero-order valence-electron chi connectivity index (χ0n) is 22.8. The lowest BCUT2D eigenvalue weighted by Crippen LogP contribution is -2.36. The van der Waals surface area contributed by atoms with Crippen LogP contribution in [0.1, 0.15) is 56.2 Å². The van der Waals surface area contributed by atoms with Crippen molar-refractivity contribution in [3.05, 3.63) is 101 Å². The minimum absolute atomic E-state index is 0.0141. The molecule has 1 aliphatic heterocycles. The number of nitriles is 1. The maximum atomic E-state index is 14.7. The molecule has 0 spiro atoms. The predicted octanol–water partition coefficient (Wildman–Crippen LogP) is 6.66. The van der Waals surface area contributed by atoms with E-state index >= 15 is 0 Å². The van der Waals surface area contributed by atoms with Crippen LogP contribution in [0.25, 0.3) is 11.3 Å². The van der Waals surface area contributed by atoms with Crippen LogP contribution in [0.5, 0.6) is 0 Å². The molecule has 1 N–H and O–H groups in total. The summed E-state index contributed by atoms with van der Waals surface area (Å²) in [5.41, 5.74) is 4.80. The summed E-state index contributed by atoms with van der Waals surface area (Å²) in [4.78, 5) is 17.2. The Bertz CT molecular complexity index is 1280. The van der Waals surface area contributed by atoms with Gasteiger partial charge in [-0.25, -0.2) is 4.39 Å². The number of benzene rings is 2. The van der Waals surface area contributed by atoms with Crippen molar-refractivity contribution in [1.82, 2.24) is 10.2 Å². The van der Waals surface area contributed by atoms with Gasteiger partial charge >= 0.3 is 0 Å². The highest BCUT2D eigenvalue weighted by molar-refractivity contribution is 5.99. The van der Waals surface area contributed by atoms with Crippen molar-refractivity contribution >= 4 is 22.9 Å². The molecular weight excluding hydrogens is 475 g/mol. The van der Waals surface area contributed by atoms with E-state index in [-0.39, 0.29) is 11.5 Å². The summed E-state index contributed by atoms with van der Waals surface area (Å²) in [6.45, 7) is 5.44. The van der Waals surface area contributed by atoms with Gasteiger partial charge in [-0.1, -0.05) is 43.4 Å². The molecule has 0 bridgehead atoms. The van der Waals surface area contributed by atoms with E-state index in [4.69, 9.17) is 0 Å². The summed E-state index contributed by atoms with van der Waals surface area (Å²) >= 11 is 0. The Balaban J connectivity index is 2.03. The van der Waals surface area contributed by atoms with Crippen LogP contribution >= 0.6 is 0 Å². The number of likely N-dealkylation sites (tertiary alicyclic amines) is 1. The van der Waals surface area contributed by atoms with Crippen LogP contribution in [0.2, 0.25) is 0 Å². The van der Waals surface area contributed by atoms with Crippen LogP contribution in [0.15, 0.2) is 78.5 Å². The first-order chi connectivity index (χ1) is 18.4. The Hall–Kier alpha value is -4.11. The summed E-state index contributed by atoms with van der Waals surface area (Å²) in [6.07, 6.45) is 13.9. The number of nitrogens with zero attached hydrogens (tertiary/aromatic N) is 3. The Morgan fingerprint density at radius 2 is 1.82 bits per heavy atom. The van der Waals surface area contributed by atoms with E-state index < -0.39 is 5.82 Å². The number of hydrogen-bond donors (Lipinski definition) is 1. The smallest absolute Gasteiger partial charge is 0.253 e. The number of carbonyl (C=O) groups excluding carboxylic acids is 1. The molecule has 0 aromatic heterocycles. The van der Waals surface area contributed by atoms with E-state index in [2.05, 4.69) is 24.4 Å². The first-order valence-corrected chi connectivity index (χ1v) is 13.2. The highest BCUT2D eigenvalue weighted by Crippen LogP contribution is 2.29. The van der Waals surface area contributed by atoms with Gasteiger partial charge in [0.05, 0.1) is 5.56 Å². The number of rotatable bonds is 9. The van der Waals surface area contributed by atoms with Crippen LogP contribution in [0.4, 0.5) is 10.1 Å². The Labute approximate surface area is 226 Å². The van der Waals surface area contributed by atoms with Crippen molar-refractivity contribution in [2.45, 2.75) is 39.5 Å². The molecule has 38 heavy (non-hydrogen) atoms. The lowest BCUT2D eigenvalue weighted by atomic mass is 10.0. The third-order valence-corrected chi connectivity index (χ3v) is 6.66. The Kier molecular flexibility index (Phi) is 10.5. The van der Waals surface area contributed by atoms with Crippen molar-refractivity contribution in [2.75, 3.05) is 32.1 Å². The third-order valence-electron chi connectivity index (χ3n) is 6.66. The normalized spacial score (nSPS) is 14.9. The van der Waals surface area contributed by atoms with Gasteiger partial charge in [-0.05, 0) is 74.1 Å². The molecule has 2 aromatic rings. The minimum atomic E-state index is -0.589. The van der Waals surface area contributed by atoms with Gasteiger partial charge in [0.1, 0.15) is 11.9 Å². The van der Waals surface area contributed by atoms with Crippen molar-refractivity contribution in [1.29, 1.82) is 5.26 Å². The van der Waals surface area contributed by atoms with Gasteiger partial charge in [-0.2, -0.15) is 5.26 Å². The van der Waals surface area contributed by atoms with Crippen LogP contribution < -0.4 is 10.2 Å². The number of piperidine rings is 1. The van der Waals surface area contributed by atoms with Gasteiger partial charge in [0, 0.05) is 55.9 Å². The standard InChI is InChI=1S/C32H37FN4O/c1-5-7-11-28(23-35-3)25-14-16-29(17-15-25)36(4)31(26-12-13-27(22-34)30(33)20-26)21-24(6-2)32(38)37-18-9-8-10-19-37/h6-7,11-17,20-21,23,35H,5,8-10,18-19H2,1-4H3/b11-7+,24-6+,28-23+,31-21-. The molecule has 1 saturated heterocycles. The zero-order chi connectivity index (χ0) is 27.5. The number of halogens is 1. The quantitative estimate of drug-likeness (QED) is 0.301. The van der Waals surface area contributed by atoms with E-state index in [0.717, 1.165) is 55.6 Å². The molecule has 1 amide bonds. The van der Waals surface area contributed by atoms with E-state index in [1.54, 1.807) is 6.07 Å². The second kappa shape index (κ2) is 14.0.